The lowest BCUT2D eigenvalue weighted by atomic mass is 9.91. The van der Waals surface area contributed by atoms with Crippen LogP contribution in [0.4, 0.5) is 22.7 Å². The fraction of sp³-hybridized carbons (Fsp3) is 0.111. The number of benzene rings is 4. The molecule has 2 heterocycles. The normalized spacial score (nSPS) is 23.4. The molecule has 0 bridgehead atoms. The average molecular weight is 505 g/mol. The molecular formula is C36H28N2O. The quantitative estimate of drug-likeness (QED) is 0.276. The van der Waals surface area contributed by atoms with E-state index in [1.807, 2.05) is 0 Å². The third-order valence-electron chi connectivity index (χ3n) is 8.38. The van der Waals surface area contributed by atoms with Gasteiger partial charge in [-0.15, -0.1) is 0 Å². The SMILES string of the molecule is C1=CC2c3ccccc3N(c3ccc(Oc4ccc(N5c6ccccc6C6C=CC=CC65)cc4)cc3)C2C=C1. The zero-order valence-electron chi connectivity index (χ0n) is 21.5. The molecule has 0 saturated carbocycles. The number of fused-ring (bicyclic) bond motifs is 6. The van der Waals surface area contributed by atoms with Crippen molar-refractivity contribution in [2.24, 2.45) is 0 Å². The number of ether oxygens (including phenoxy) is 1. The Balaban J connectivity index is 1.03. The fourth-order valence-corrected chi connectivity index (χ4v) is 6.67. The first kappa shape index (κ1) is 22.2. The van der Waals surface area contributed by atoms with Crippen molar-refractivity contribution in [2.45, 2.75) is 23.9 Å². The molecule has 0 radical (unpaired) electrons. The summed E-state index contributed by atoms with van der Waals surface area (Å²) in [7, 11) is 0. The van der Waals surface area contributed by atoms with Gasteiger partial charge in [0, 0.05) is 34.6 Å². The summed E-state index contributed by atoms with van der Waals surface area (Å²) < 4.78 is 6.28. The lowest BCUT2D eigenvalue weighted by Gasteiger charge is -2.29. The number of hydrogen-bond donors (Lipinski definition) is 0. The molecule has 4 unspecified atom stereocenters. The molecule has 188 valence electrons. The van der Waals surface area contributed by atoms with Gasteiger partial charge in [0.25, 0.3) is 0 Å². The molecule has 4 atom stereocenters. The highest BCUT2D eigenvalue weighted by atomic mass is 16.5. The first-order valence-corrected chi connectivity index (χ1v) is 13.7. The van der Waals surface area contributed by atoms with Crippen LogP contribution in [0.15, 0.2) is 146 Å². The smallest absolute Gasteiger partial charge is 0.127 e. The summed E-state index contributed by atoms with van der Waals surface area (Å²) in [5.74, 6) is 2.44. The van der Waals surface area contributed by atoms with Gasteiger partial charge in [0.2, 0.25) is 0 Å². The van der Waals surface area contributed by atoms with Crippen molar-refractivity contribution in [3.63, 3.8) is 0 Å². The zero-order chi connectivity index (χ0) is 25.8. The Hall–Kier alpha value is -4.76. The van der Waals surface area contributed by atoms with Crippen LogP contribution in [0.1, 0.15) is 23.0 Å². The predicted octanol–water partition coefficient (Wildman–Crippen LogP) is 8.94. The van der Waals surface area contributed by atoms with E-state index in [2.05, 4.69) is 155 Å². The molecule has 8 rings (SSSR count). The standard InChI is InChI=1S/C36H28N2O/c1-5-13-33-29(9-1)30-10-2-6-14-34(30)37(33)25-17-21-27(22-18-25)39-28-23-19-26(20-24-28)38-35-15-7-3-11-31(35)32-12-4-8-16-36(32)38/h1-24,29,31,33,35H. The van der Waals surface area contributed by atoms with Gasteiger partial charge in [-0.1, -0.05) is 85.0 Å². The van der Waals surface area contributed by atoms with E-state index in [0.717, 1.165) is 11.5 Å². The van der Waals surface area contributed by atoms with Crippen molar-refractivity contribution in [3.05, 3.63) is 157 Å². The largest absolute Gasteiger partial charge is 0.457 e. The van der Waals surface area contributed by atoms with Crippen molar-refractivity contribution in [1.82, 2.24) is 0 Å². The zero-order valence-corrected chi connectivity index (χ0v) is 21.5. The Kier molecular flexibility index (Phi) is 5.09. The maximum Gasteiger partial charge on any atom is 0.127 e. The summed E-state index contributed by atoms with van der Waals surface area (Å²) >= 11 is 0. The third-order valence-corrected chi connectivity index (χ3v) is 8.38. The van der Waals surface area contributed by atoms with Crippen molar-refractivity contribution in [3.8, 4) is 11.5 Å². The Morgan fingerprint density at radius 1 is 0.436 bits per heavy atom. The summed E-state index contributed by atoms with van der Waals surface area (Å²) in [6, 6.07) is 35.0. The molecule has 4 aromatic carbocycles. The molecule has 4 aromatic rings. The van der Waals surface area contributed by atoms with Gasteiger partial charge in [-0.05, 0) is 71.8 Å². The molecule has 2 aliphatic heterocycles. The van der Waals surface area contributed by atoms with Crippen LogP contribution in [0, 0.1) is 0 Å². The van der Waals surface area contributed by atoms with E-state index in [9.17, 15) is 0 Å². The first-order valence-electron chi connectivity index (χ1n) is 13.7. The van der Waals surface area contributed by atoms with Crippen LogP contribution in [-0.4, -0.2) is 12.1 Å². The van der Waals surface area contributed by atoms with Gasteiger partial charge in [0.1, 0.15) is 11.5 Å². The van der Waals surface area contributed by atoms with Gasteiger partial charge in [-0.2, -0.15) is 0 Å². The Bertz CT molecular complexity index is 1540. The molecular weight excluding hydrogens is 476 g/mol. The molecule has 4 aliphatic rings. The maximum atomic E-state index is 6.28. The van der Waals surface area contributed by atoms with Crippen molar-refractivity contribution < 1.29 is 4.74 Å². The summed E-state index contributed by atoms with van der Waals surface area (Å²) in [5, 5.41) is 0. The van der Waals surface area contributed by atoms with Crippen LogP contribution < -0.4 is 14.5 Å². The van der Waals surface area contributed by atoms with Gasteiger partial charge in [0.05, 0.1) is 12.1 Å². The van der Waals surface area contributed by atoms with Crippen molar-refractivity contribution in [2.75, 3.05) is 9.80 Å². The molecule has 0 N–H and O–H groups in total. The molecule has 0 aromatic heterocycles. The molecule has 0 saturated heterocycles. The molecule has 2 aliphatic carbocycles. The lowest BCUT2D eigenvalue weighted by molar-refractivity contribution is 0.482. The Labute approximate surface area is 229 Å². The molecule has 39 heavy (non-hydrogen) atoms. The predicted molar refractivity (Wildman–Crippen MR) is 160 cm³/mol. The number of hydrogen-bond acceptors (Lipinski definition) is 3. The Morgan fingerprint density at radius 3 is 1.31 bits per heavy atom. The summed E-state index contributed by atoms with van der Waals surface area (Å²) in [6.45, 7) is 0. The van der Waals surface area contributed by atoms with Gasteiger partial charge in [-0.25, -0.2) is 0 Å². The van der Waals surface area contributed by atoms with Crippen LogP contribution in [0.5, 0.6) is 11.5 Å². The van der Waals surface area contributed by atoms with Gasteiger partial charge >= 0.3 is 0 Å². The third kappa shape index (κ3) is 3.58. The van der Waals surface area contributed by atoms with Gasteiger partial charge in [-0.3, -0.25) is 0 Å². The minimum atomic E-state index is 0.302. The summed E-state index contributed by atoms with van der Waals surface area (Å²) in [6.07, 6.45) is 17.9. The van der Waals surface area contributed by atoms with E-state index in [-0.39, 0.29) is 0 Å². The minimum absolute atomic E-state index is 0.302. The number of rotatable bonds is 4. The van der Waals surface area contributed by atoms with Crippen LogP contribution in [-0.2, 0) is 0 Å². The minimum Gasteiger partial charge on any atom is -0.457 e. The van der Waals surface area contributed by atoms with Crippen LogP contribution >= 0.6 is 0 Å². The molecule has 0 fully saturated rings. The number of para-hydroxylation sites is 2. The molecule has 3 nitrogen and oxygen atoms in total. The van der Waals surface area contributed by atoms with E-state index >= 15 is 0 Å². The second kappa shape index (κ2) is 8.92. The number of allylic oxidation sites excluding steroid dienone is 4. The highest BCUT2D eigenvalue weighted by molar-refractivity contribution is 5.76. The van der Waals surface area contributed by atoms with E-state index in [1.54, 1.807) is 0 Å². The summed E-state index contributed by atoms with van der Waals surface area (Å²) in [5.41, 5.74) is 7.68. The molecule has 0 spiro atoms. The second-order valence-electron chi connectivity index (χ2n) is 10.5. The van der Waals surface area contributed by atoms with E-state index < -0.39 is 0 Å². The van der Waals surface area contributed by atoms with Crippen LogP contribution in [0.25, 0.3) is 0 Å². The summed E-state index contributed by atoms with van der Waals surface area (Å²) in [4.78, 5) is 4.88. The van der Waals surface area contributed by atoms with Gasteiger partial charge < -0.3 is 14.5 Å². The maximum absolute atomic E-state index is 6.28. The lowest BCUT2D eigenvalue weighted by Crippen LogP contribution is -2.28. The second-order valence-corrected chi connectivity index (χ2v) is 10.5. The van der Waals surface area contributed by atoms with E-state index in [0.29, 0.717) is 23.9 Å². The first-order chi connectivity index (χ1) is 19.3. The highest BCUT2D eigenvalue weighted by Gasteiger charge is 2.38. The number of anilines is 4. The topological polar surface area (TPSA) is 15.7 Å². The Morgan fingerprint density at radius 2 is 0.846 bits per heavy atom. The van der Waals surface area contributed by atoms with Crippen molar-refractivity contribution in [1.29, 1.82) is 0 Å². The number of nitrogens with zero attached hydrogens (tertiary/aromatic N) is 2. The van der Waals surface area contributed by atoms with Crippen molar-refractivity contribution >= 4 is 22.7 Å². The average Bonchev–Trinajstić information content (AvgIpc) is 3.51. The van der Waals surface area contributed by atoms with Crippen LogP contribution in [0.2, 0.25) is 0 Å². The van der Waals surface area contributed by atoms with Gasteiger partial charge in [0.15, 0.2) is 0 Å². The monoisotopic (exact) mass is 504 g/mol. The molecule has 0 amide bonds. The van der Waals surface area contributed by atoms with E-state index in [1.165, 1.54) is 33.9 Å². The highest BCUT2D eigenvalue weighted by Crippen LogP contribution is 2.49. The van der Waals surface area contributed by atoms with E-state index in [4.69, 9.17) is 4.74 Å². The molecule has 3 heteroatoms. The fourth-order valence-electron chi connectivity index (χ4n) is 6.67. The van der Waals surface area contributed by atoms with Crippen LogP contribution in [0.3, 0.4) is 0 Å².